The summed E-state index contributed by atoms with van der Waals surface area (Å²) in [5, 5.41) is 6.79. The van der Waals surface area contributed by atoms with Gasteiger partial charge in [-0.1, -0.05) is 54.5 Å². The van der Waals surface area contributed by atoms with Gasteiger partial charge in [-0.3, -0.25) is 4.79 Å². The SMILES string of the molecule is CCCNC(=O)COc1ccccc1-c1nc(-c2ccccc2)no1. The van der Waals surface area contributed by atoms with Crippen LogP contribution < -0.4 is 10.1 Å². The summed E-state index contributed by atoms with van der Waals surface area (Å²) in [4.78, 5) is 16.2. The Bertz CT molecular complexity index is 831. The summed E-state index contributed by atoms with van der Waals surface area (Å²) in [6.45, 7) is 2.57. The molecule has 0 bridgehead atoms. The van der Waals surface area contributed by atoms with Gasteiger partial charge in [0, 0.05) is 12.1 Å². The molecule has 128 valence electrons. The predicted octanol–water partition coefficient (Wildman–Crippen LogP) is 3.31. The minimum atomic E-state index is -0.160. The van der Waals surface area contributed by atoms with Gasteiger partial charge in [0.15, 0.2) is 6.61 Å². The molecule has 0 spiro atoms. The van der Waals surface area contributed by atoms with Crippen LogP contribution in [0.4, 0.5) is 0 Å². The highest BCUT2D eigenvalue weighted by Crippen LogP contribution is 2.30. The zero-order valence-corrected chi connectivity index (χ0v) is 13.9. The lowest BCUT2D eigenvalue weighted by atomic mass is 10.2. The Balaban J connectivity index is 1.77. The van der Waals surface area contributed by atoms with Gasteiger partial charge in [0.05, 0.1) is 5.56 Å². The molecule has 2 aromatic carbocycles. The molecule has 0 saturated heterocycles. The molecule has 1 amide bonds. The first-order valence-electron chi connectivity index (χ1n) is 8.16. The highest BCUT2D eigenvalue weighted by molar-refractivity contribution is 5.78. The van der Waals surface area contributed by atoms with Crippen molar-refractivity contribution in [3.05, 3.63) is 54.6 Å². The molecule has 6 nitrogen and oxygen atoms in total. The van der Waals surface area contributed by atoms with Crippen LogP contribution in [0.2, 0.25) is 0 Å². The summed E-state index contributed by atoms with van der Waals surface area (Å²) >= 11 is 0. The van der Waals surface area contributed by atoms with Crippen molar-refractivity contribution < 1.29 is 14.1 Å². The third-order valence-electron chi connectivity index (χ3n) is 3.51. The van der Waals surface area contributed by atoms with Crippen molar-refractivity contribution in [2.24, 2.45) is 0 Å². The zero-order valence-electron chi connectivity index (χ0n) is 13.9. The maximum absolute atomic E-state index is 11.7. The summed E-state index contributed by atoms with van der Waals surface area (Å²) in [6, 6.07) is 16.9. The van der Waals surface area contributed by atoms with E-state index in [0.29, 0.717) is 29.6 Å². The summed E-state index contributed by atoms with van der Waals surface area (Å²) in [5.41, 5.74) is 1.52. The molecule has 0 radical (unpaired) electrons. The lowest BCUT2D eigenvalue weighted by Gasteiger charge is -2.09. The minimum Gasteiger partial charge on any atom is -0.483 e. The van der Waals surface area contributed by atoms with Gasteiger partial charge in [0.25, 0.3) is 11.8 Å². The van der Waals surface area contributed by atoms with Crippen molar-refractivity contribution in [1.29, 1.82) is 0 Å². The molecule has 3 rings (SSSR count). The number of amides is 1. The lowest BCUT2D eigenvalue weighted by molar-refractivity contribution is -0.123. The van der Waals surface area contributed by atoms with Gasteiger partial charge >= 0.3 is 0 Å². The van der Waals surface area contributed by atoms with Crippen LogP contribution in [0.25, 0.3) is 22.8 Å². The zero-order chi connectivity index (χ0) is 17.5. The number of rotatable bonds is 7. The number of benzene rings is 2. The van der Waals surface area contributed by atoms with Crippen molar-refractivity contribution in [3.63, 3.8) is 0 Å². The van der Waals surface area contributed by atoms with E-state index in [1.807, 2.05) is 55.5 Å². The lowest BCUT2D eigenvalue weighted by Crippen LogP contribution is -2.29. The smallest absolute Gasteiger partial charge is 0.262 e. The van der Waals surface area contributed by atoms with Crippen molar-refractivity contribution in [3.8, 4) is 28.6 Å². The van der Waals surface area contributed by atoms with Crippen molar-refractivity contribution >= 4 is 5.91 Å². The van der Waals surface area contributed by atoms with Gasteiger partial charge in [-0.05, 0) is 18.6 Å². The Morgan fingerprint density at radius 2 is 1.88 bits per heavy atom. The van der Waals surface area contributed by atoms with E-state index in [0.717, 1.165) is 12.0 Å². The molecule has 0 saturated carbocycles. The van der Waals surface area contributed by atoms with E-state index in [1.165, 1.54) is 0 Å². The van der Waals surface area contributed by atoms with E-state index in [2.05, 4.69) is 15.5 Å². The third-order valence-corrected chi connectivity index (χ3v) is 3.51. The quantitative estimate of drug-likeness (QED) is 0.716. The molecule has 0 fully saturated rings. The molecule has 1 N–H and O–H groups in total. The Kier molecular flexibility index (Phi) is 5.41. The first-order valence-corrected chi connectivity index (χ1v) is 8.16. The second-order valence-corrected chi connectivity index (χ2v) is 5.42. The summed E-state index contributed by atoms with van der Waals surface area (Å²) in [5.74, 6) is 1.22. The predicted molar refractivity (Wildman–Crippen MR) is 94.0 cm³/mol. The second kappa shape index (κ2) is 8.10. The van der Waals surface area contributed by atoms with Gasteiger partial charge in [0.1, 0.15) is 5.75 Å². The van der Waals surface area contributed by atoms with Crippen LogP contribution in [0.3, 0.4) is 0 Å². The van der Waals surface area contributed by atoms with E-state index >= 15 is 0 Å². The average molecular weight is 337 g/mol. The molecule has 0 aliphatic rings. The van der Waals surface area contributed by atoms with E-state index in [-0.39, 0.29) is 12.5 Å². The highest BCUT2D eigenvalue weighted by Gasteiger charge is 2.15. The van der Waals surface area contributed by atoms with Gasteiger partial charge in [0.2, 0.25) is 5.82 Å². The average Bonchev–Trinajstić information content (AvgIpc) is 3.15. The number of carbonyl (C=O) groups is 1. The normalized spacial score (nSPS) is 10.4. The van der Waals surface area contributed by atoms with E-state index < -0.39 is 0 Å². The fourth-order valence-corrected chi connectivity index (χ4v) is 2.27. The van der Waals surface area contributed by atoms with E-state index in [4.69, 9.17) is 9.26 Å². The topological polar surface area (TPSA) is 77.2 Å². The monoisotopic (exact) mass is 337 g/mol. The Morgan fingerprint density at radius 3 is 2.68 bits per heavy atom. The van der Waals surface area contributed by atoms with Crippen LogP contribution in [0, 0.1) is 0 Å². The van der Waals surface area contributed by atoms with Gasteiger partial charge < -0.3 is 14.6 Å². The molecule has 0 atom stereocenters. The maximum Gasteiger partial charge on any atom is 0.262 e. The Morgan fingerprint density at radius 1 is 1.12 bits per heavy atom. The number of para-hydroxylation sites is 1. The first-order chi connectivity index (χ1) is 12.3. The van der Waals surface area contributed by atoms with Crippen LogP contribution in [-0.2, 0) is 4.79 Å². The standard InChI is InChI=1S/C19H19N3O3/c1-2-12-20-17(23)13-24-16-11-7-6-10-15(16)19-21-18(22-25-19)14-8-4-3-5-9-14/h3-11H,2,12-13H2,1H3,(H,20,23). The van der Waals surface area contributed by atoms with Gasteiger partial charge in [-0.25, -0.2) is 0 Å². The number of hydrogen-bond acceptors (Lipinski definition) is 5. The second-order valence-electron chi connectivity index (χ2n) is 5.42. The van der Waals surface area contributed by atoms with Crippen LogP contribution in [-0.4, -0.2) is 29.2 Å². The molecule has 1 aromatic heterocycles. The largest absolute Gasteiger partial charge is 0.483 e. The minimum absolute atomic E-state index is 0.0588. The molecule has 3 aromatic rings. The Hall–Kier alpha value is -3.15. The number of nitrogens with one attached hydrogen (secondary N) is 1. The third kappa shape index (κ3) is 4.23. The Labute approximate surface area is 145 Å². The van der Waals surface area contributed by atoms with Gasteiger partial charge in [-0.2, -0.15) is 4.98 Å². The fraction of sp³-hybridized carbons (Fsp3) is 0.211. The fourth-order valence-electron chi connectivity index (χ4n) is 2.27. The van der Waals surface area contributed by atoms with Crippen LogP contribution >= 0.6 is 0 Å². The molecule has 25 heavy (non-hydrogen) atoms. The molecular weight excluding hydrogens is 318 g/mol. The molecule has 0 unspecified atom stereocenters. The van der Waals surface area contributed by atoms with Crippen LogP contribution in [0.1, 0.15) is 13.3 Å². The van der Waals surface area contributed by atoms with Crippen LogP contribution in [0.15, 0.2) is 59.1 Å². The van der Waals surface area contributed by atoms with E-state index in [1.54, 1.807) is 6.07 Å². The van der Waals surface area contributed by atoms with Crippen molar-refractivity contribution in [2.45, 2.75) is 13.3 Å². The summed E-state index contributed by atoms with van der Waals surface area (Å²) < 4.78 is 11.0. The van der Waals surface area contributed by atoms with Gasteiger partial charge in [-0.15, -0.1) is 0 Å². The van der Waals surface area contributed by atoms with Crippen molar-refractivity contribution in [2.75, 3.05) is 13.2 Å². The number of hydrogen-bond donors (Lipinski definition) is 1. The number of carbonyl (C=O) groups excluding carboxylic acids is 1. The molecule has 0 aliphatic heterocycles. The number of ether oxygens (including phenoxy) is 1. The first kappa shape index (κ1) is 16.7. The number of aromatic nitrogens is 2. The number of nitrogens with zero attached hydrogens (tertiary/aromatic N) is 2. The molecule has 6 heteroatoms. The highest BCUT2D eigenvalue weighted by atomic mass is 16.5. The maximum atomic E-state index is 11.7. The molecular formula is C19H19N3O3. The van der Waals surface area contributed by atoms with E-state index in [9.17, 15) is 4.79 Å². The molecule has 0 aliphatic carbocycles. The van der Waals surface area contributed by atoms with Crippen LogP contribution in [0.5, 0.6) is 5.75 Å². The molecule has 1 heterocycles. The summed E-state index contributed by atoms with van der Waals surface area (Å²) in [7, 11) is 0. The summed E-state index contributed by atoms with van der Waals surface area (Å²) in [6.07, 6.45) is 0.882. The van der Waals surface area contributed by atoms with Crippen molar-refractivity contribution in [1.82, 2.24) is 15.5 Å².